The third-order valence-electron chi connectivity index (χ3n) is 4.78. The summed E-state index contributed by atoms with van der Waals surface area (Å²) in [5.41, 5.74) is 0.484. The van der Waals surface area contributed by atoms with E-state index < -0.39 is 11.6 Å². The average Bonchev–Trinajstić information content (AvgIpc) is 2.62. The van der Waals surface area contributed by atoms with Crippen LogP contribution in [0.15, 0.2) is 42.6 Å². The van der Waals surface area contributed by atoms with Gasteiger partial charge in [-0.2, -0.15) is 0 Å². The van der Waals surface area contributed by atoms with E-state index in [9.17, 15) is 13.6 Å². The number of anilines is 1. The molecule has 1 amide bonds. The highest BCUT2D eigenvalue weighted by Crippen LogP contribution is 2.28. The zero-order valence-electron chi connectivity index (χ0n) is 14.1. The van der Waals surface area contributed by atoms with Gasteiger partial charge in [-0.25, -0.2) is 13.8 Å². The van der Waals surface area contributed by atoms with Crippen molar-refractivity contribution in [2.75, 3.05) is 18.4 Å². The van der Waals surface area contributed by atoms with E-state index in [1.54, 1.807) is 18.3 Å². The summed E-state index contributed by atoms with van der Waals surface area (Å²) in [5.74, 6) is -0.653. The molecule has 1 aliphatic heterocycles. The maximum atomic E-state index is 14.0. The molecule has 0 saturated carbocycles. The van der Waals surface area contributed by atoms with Gasteiger partial charge in [0, 0.05) is 29.8 Å². The Bertz CT molecular complexity index is 731. The predicted octanol–water partition coefficient (Wildman–Crippen LogP) is 3.77. The van der Waals surface area contributed by atoms with E-state index in [-0.39, 0.29) is 17.9 Å². The van der Waals surface area contributed by atoms with E-state index >= 15 is 0 Å². The third-order valence-corrected chi connectivity index (χ3v) is 4.78. The van der Waals surface area contributed by atoms with Crippen molar-refractivity contribution < 1.29 is 13.6 Å². The maximum absolute atomic E-state index is 14.0. The second kappa shape index (κ2) is 7.70. The minimum atomic E-state index is -0.571. The summed E-state index contributed by atoms with van der Waals surface area (Å²) in [4.78, 5) is 18.6. The van der Waals surface area contributed by atoms with Gasteiger partial charge in [0.25, 0.3) is 0 Å². The third kappa shape index (κ3) is 4.20. The first-order chi connectivity index (χ1) is 12.0. The highest BCUT2D eigenvalue weighted by molar-refractivity contribution is 5.91. The van der Waals surface area contributed by atoms with Gasteiger partial charge in [-0.05, 0) is 51.1 Å². The predicted molar refractivity (Wildman–Crippen MR) is 91.9 cm³/mol. The minimum Gasteiger partial charge on any atom is -0.310 e. The molecule has 0 unspecified atom stereocenters. The van der Waals surface area contributed by atoms with E-state index in [0.29, 0.717) is 37.3 Å². The number of carbonyl (C=O) groups excluding carboxylic acids is 1. The number of halogens is 2. The lowest BCUT2D eigenvalue weighted by molar-refractivity contribution is -0.121. The van der Waals surface area contributed by atoms with Gasteiger partial charge < -0.3 is 5.32 Å². The topological polar surface area (TPSA) is 45.2 Å². The molecule has 25 heavy (non-hydrogen) atoms. The van der Waals surface area contributed by atoms with Crippen LogP contribution in [0.5, 0.6) is 0 Å². The Kier molecular flexibility index (Phi) is 5.38. The van der Waals surface area contributed by atoms with Crippen LogP contribution in [0.3, 0.4) is 0 Å². The number of nitrogens with one attached hydrogen (secondary N) is 1. The highest BCUT2D eigenvalue weighted by Gasteiger charge is 2.28. The number of pyridine rings is 1. The molecular formula is C19H21F2N3O. The van der Waals surface area contributed by atoms with E-state index in [4.69, 9.17) is 0 Å². The molecule has 1 aromatic heterocycles. The monoisotopic (exact) mass is 345 g/mol. The van der Waals surface area contributed by atoms with Gasteiger partial charge in [0.1, 0.15) is 17.5 Å². The summed E-state index contributed by atoms with van der Waals surface area (Å²) in [6.45, 7) is 3.29. The van der Waals surface area contributed by atoms with Gasteiger partial charge in [-0.1, -0.05) is 12.1 Å². The van der Waals surface area contributed by atoms with E-state index in [0.717, 1.165) is 6.07 Å². The first-order valence-corrected chi connectivity index (χ1v) is 8.45. The average molecular weight is 345 g/mol. The van der Waals surface area contributed by atoms with Crippen LogP contribution >= 0.6 is 0 Å². The van der Waals surface area contributed by atoms with E-state index in [1.165, 1.54) is 12.1 Å². The fourth-order valence-corrected chi connectivity index (χ4v) is 3.25. The number of piperidine rings is 1. The van der Waals surface area contributed by atoms with Gasteiger partial charge in [-0.3, -0.25) is 9.69 Å². The largest absolute Gasteiger partial charge is 0.310 e. The zero-order valence-corrected chi connectivity index (χ0v) is 14.1. The van der Waals surface area contributed by atoms with Crippen molar-refractivity contribution in [1.29, 1.82) is 0 Å². The Morgan fingerprint density at radius 2 is 2.00 bits per heavy atom. The lowest BCUT2D eigenvalue weighted by atomic mass is 9.93. The van der Waals surface area contributed by atoms with Gasteiger partial charge in [-0.15, -0.1) is 0 Å². The van der Waals surface area contributed by atoms with Crippen LogP contribution in [-0.4, -0.2) is 28.9 Å². The molecule has 4 nitrogen and oxygen atoms in total. The van der Waals surface area contributed by atoms with Crippen molar-refractivity contribution in [3.63, 3.8) is 0 Å². The number of amides is 1. The summed E-state index contributed by atoms with van der Waals surface area (Å²) >= 11 is 0. The van der Waals surface area contributed by atoms with Crippen LogP contribution in [0.4, 0.5) is 14.6 Å². The van der Waals surface area contributed by atoms with Gasteiger partial charge in [0.05, 0.1) is 0 Å². The Morgan fingerprint density at radius 3 is 2.64 bits per heavy atom. The van der Waals surface area contributed by atoms with Gasteiger partial charge in [0.2, 0.25) is 5.91 Å². The quantitative estimate of drug-likeness (QED) is 0.917. The molecule has 1 aliphatic rings. The molecule has 2 heterocycles. The lowest BCUT2D eigenvalue weighted by Crippen LogP contribution is -2.39. The highest BCUT2D eigenvalue weighted by atomic mass is 19.1. The summed E-state index contributed by atoms with van der Waals surface area (Å²) in [6.07, 6.45) is 3.04. The van der Waals surface area contributed by atoms with Crippen molar-refractivity contribution in [2.24, 2.45) is 5.92 Å². The van der Waals surface area contributed by atoms with Crippen molar-refractivity contribution in [2.45, 2.75) is 25.8 Å². The van der Waals surface area contributed by atoms with Crippen LogP contribution in [0.25, 0.3) is 0 Å². The Balaban J connectivity index is 1.57. The van der Waals surface area contributed by atoms with Crippen molar-refractivity contribution >= 4 is 11.7 Å². The molecule has 0 aliphatic carbocycles. The molecule has 6 heteroatoms. The van der Waals surface area contributed by atoms with Gasteiger partial charge >= 0.3 is 0 Å². The molecule has 0 bridgehead atoms. The van der Waals surface area contributed by atoms with Crippen LogP contribution in [0.1, 0.15) is 31.4 Å². The molecule has 1 aromatic carbocycles. The van der Waals surface area contributed by atoms with E-state index in [2.05, 4.69) is 15.2 Å². The number of hydrogen-bond acceptors (Lipinski definition) is 3. The summed E-state index contributed by atoms with van der Waals surface area (Å²) in [7, 11) is 0. The van der Waals surface area contributed by atoms with Crippen LogP contribution in [-0.2, 0) is 4.79 Å². The number of aromatic nitrogens is 1. The van der Waals surface area contributed by atoms with Crippen LogP contribution in [0, 0.1) is 17.6 Å². The number of nitrogens with zero attached hydrogens (tertiary/aromatic N) is 2. The molecule has 3 rings (SSSR count). The minimum absolute atomic E-state index is 0.0287. The van der Waals surface area contributed by atoms with Gasteiger partial charge in [0.15, 0.2) is 0 Å². The second-order valence-electron chi connectivity index (χ2n) is 6.36. The van der Waals surface area contributed by atoms with Crippen LogP contribution in [0.2, 0.25) is 0 Å². The molecule has 1 saturated heterocycles. The standard InChI is InChI=1S/C19H21F2N3O/c1-13(16-6-5-15(20)12-17(16)21)24-10-7-14(8-11-24)19(25)23-18-4-2-3-9-22-18/h2-6,9,12-14H,7-8,10-11H2,1H3,(H,22,23,25)/t13-/m0/s1. The summed E-state index contributed by atoms with van der Waals surface area (Å²) in [6, 6.07) is 8.91. The molecule has 1 N–H and O–H groups in total. The molecule has 0 radical (unpaired) electrons. The Morgan fingerprint density at radius 1 is 1.24 bits per heavy atom. The van der Waals surface area contributed by atoms with E-state index in [1.807, 2.05) is 13.0 Å². The summed E-state index contributed by atoms with van der Waals surface area (Å²) < 4.78 is 27.0. The molecular weight excluding hydrogens is 324 g/mol. The first-order valence-electron chi connectivity index (χ1n) is 8.45. The zero-order chi connectivity index (χ0) is 17.8. The molecule has 0 spiro atoms. The number of rotatable bonds is 4. The number of benzene rings is 1. The lowest BCUT2D eigenvalue weighted by Gasteiger charge is -2.35. The fraction of sp³-hybridized carbons (Fsp3) is 0.368. The first kappa shape index (κ1) is 17.5. The van der Waals surface area contributed by atoms with Crippen LogP contribution < -0.4 is 5.32 Å². The van der Waals surface area contributed by atoms with Crippen molar-refractivity contribution in [3.8, 4) is 0 Å². The maximum Gasteiger partial charge on any atom is 0.228 e. The molecule has 1 atom stereocenters. The molecule has 1 fully saturated rings. The molecule has 132 valence electrons. The fourth-order valence-electron chi connectivity index (χ4n) is 3.25. The smallest absolute Gasteiger partial charge is 0.228 e. The summed E-state index contributed by atoms with van der Waals surface area (Å²) in [5, 5.41) is 2.83. The number of hydrogen-bond donors (Lipinski definition) is 1. The normalized spacial score (nSPS) is 17.2. The SMILES string of the molecule is C[C@@H](c1ccc(F)cc1F)N1CCC(C(=O)Nc2ccccn2)CC1. The van der Waals surface area contributed by atoms with Crippen molar-refractivity contribution in [3.05, 3.63) is 59.8 Å². The van der Waals surface area contributed by atoms with Crippen molar-refractivity contribution in [1.82, 2.24) is 9.88 Å². The second-order valence-corrected chi connectivity index (χ2v) is 6.36. The number of carbonyl (C=O) groups is 1. The molecule has 2 aromatic rings. The Hall–Kier alpha value is -2.34. The number of likely N-dealkylation sites (tertiary alicyclic amines) is 1. The Labute approximate surface area is 145 Å².